The van der Waals surface area contributed by atoms with Gasteiger partial charge in [0.1, 0.15) is 5.69 Å². The molecule has 146 valence electrons. The van der Waals surface area contributed by atoms with Gasteiger partial charge in [0.2, 0.25) is 0 Å². The van der Waals surface area contributed by atoms with Crippen LogP contribution in [0.5, 0.6) is 0 Å². The van der Waals surface area contributed by atoms with Crippen molar-refractivity contribution in [2.24, 2.45) is 7.05 Å². The van der Waals surface area contributed by atoms with Gasteiger partial charge in [0.25, 0.3) is 5.91 Å². The van der Waals surface area contributed by atoms with Gasteiger partial charge < -0.3 is 10.1 Å². The second-order valence-electron chi connectivity index (χ2n) is 6.42. The lowest BCUT2D eigenvalue weighted by molar-refractivity contribution is -0.137. The Morgan fingerprint density at radius 2 is 2.00 bits per heavy atom. The highest BCUT2D eigenvalue weighted by Gasteiger charge is 2.31. The fraction of sp³-hybridized carbons (Fsp3) is 0.278. The number of nitrogens with one attached hydrogen (secondary N) is 1. The van der Waals surface area contributed by atoms with Crippen molar-refractivity contribution in [2.45, 2.75) is 18.8 Å². The van der Waals surface area contributed by atoms with Crippen LogP contribution in [0, 0.1) is 0 Å². The number of aryl methyl sites for hydroxylation is 1. The Morgan fingerprint density at radius 1 is 1.25 bits per heavy atom. The summed E-state index contributed by atoms with van der Waals surface area (Å²) in [6.45, 7) is 0.511. The zero-order valence-corrected chi connectivity index (χ0v) is 14.8. The van der Waals surface area contributed by atoms with E-state index in [1.807, 2.05) is 0 Å². The first-order valence-electron chi connectivity index (χ1n) is 8.45. The van der Waals surface area contributed by atoms with E-state index in [1.54, 1.807) is 25.5 Å². The van der Waals surface area contributed by atoms with Crippen LogP contribution in [0.3, 0.4) is 0 Å². The number of aromatic nitrogens is 4. The number of halogens is 3. The van der Waals surface area contributed by atoms with Crippen molar-refractivity contribution in [3.05, 3.63) is 65.2 Å². The molecule has 0 saturated heterocycles. The number of benzene rings is 1. The first kappa shape index (κ1) is 18.2. The van der Waals surface area contributed by atoms with E-state index in [2.05, 4.69) is 15.5 Å². The van der Waals surface area contributed by atoms with Gasteiger partial charge in [-0.15, -0.1) is 0 Å². The van der Waals surface area contributed by atoms with Gasteiger partial charge in [0.15, 0.2) is 0 Å². The average Bonchev–Trinajstić information content (AvgIpc) is 3.28. The van der Waals surface area contributed by atoms with Gasteiger partial charge >= 0.3 is 6.18 Å². The van der Waals surface area contributed by atoms with Crippen LogP contribution in [-0.2, 0) is 24.6 Å². The Bertz CT molecular complexity index is 1010. The van der Waals surface area contributed by atoms with E-state index in [0.29, 0.717) is 11.4 Å². The van der Waals surface area contributed by atoms with Crippen LogP contribution in [0.25, 0.3) is 5.69 Å². The predicted octanol–water partition coefficient (Wildman–Crippen LogP) is 2.63. The number of fused-ring (bicyclic) bond motifs is 1. The Balaban J connectivity index is 1.58. The van der Waals surface area contributed by atoms with Crippen molar-refractivity contribution >= 4 is 5.91 Å². The normalized spacial score (nSPS) is 16.6. The maximum absolute atomic E-state index is 12.8. The molecule has 1 aromatic carbocycles. The number of hydrogen-bond acceptors (Lipinski definition) is 4. The van der Waals surface area contributed by atoms with Crippen molar-refractivity contribution in [3.8, 4) is 5.69 Å². The average molecular weight is 391 g/mol. The minimum atomic E-state index is -4.40. The van der Waals surface area contributed by atoms with E-state index in [1.165, 1.54) is 21.5 Å². The minimum absolute atomic E-state index is 0.242. The molecule has 7 nitrogen and oxygen atoms in total. The summed E-state index contributed by atoms with van der Waals surface area (Å²) in [5.74, 6) is -0.343. The third-order valence-electron chi connectivity index (χ3n) is 4.49. The molecule has 1 N–H and O–H groups in total. The fourth-order valence-electron chi connectivity index (χ4n) is 3.09. The van der Waals surface area contributed by atoms with Gasteiger partial charge in [-0.3, -0.25) is 9.48 Å². The van der Waals surface area contributed by atoms with Gasteiger partial charge in [0.05, 0.1) is 42.4 Å². The maximum atomic E-state index is 12.8. The Kier molecular flexibility index (Phi) is 4.42. The van der Waals surface area contributed by atoms with Gasteiger partial charge in [-0.25, -0.2) is 4.68 Å². The summed E-state index contributed by atoms with van der Waals surface area (Å²) in [6, 6.07) is 5.89. The van der Waals surface area contributed by atoms with Crippen LogP contribution in [0.2, 0.25) is 0 Å². The van der Waals surface area contributed by atoms with Gasteiger partial charge in [-0.1, -0.05) is 0 Å². The van der Waals surface area contributed by atoms with Crippen molar-refractivity contribution < 1.29 is 22.7 Å². The summed E-state index contributed by atoms with van der Waals surface area (Å²) < 4.78 is 46.9. The van der Waals surface area contributed by atoms with E-state index in [0.717, 1.165) is 17.7 Å². The van der Waals surface area contributed by atoms with E-state index in [9.17, 15) is 18.0 Å². The van der Waals surface area contributed by atoms with Crippen molar-refractivity contribution in [1.82, 2.24) is 24.9 Å². The summed E-state index contributed by atoms with van der Waals surface area (Å²) in [6.07, 6.45) is -1.13. The van der Waals surface area contributed by atoms with Crippen LogP contribution in [0.15, 0.2) is 42.7 Å². The van der Waals surface area contributed by atoms with Crippen molar-refractivity contribution in [1.29, 1.82) is 0 Å². The zero-order chi connectivity index (χ0) is 19.9. The molecule has 0 radical (unpaired) electrons. The Labute approximate surface area is 157 Å². The highest BCUT2D eigenvalue weighted by atomic mass is 19.4. The molecule has 0 bridgehead atoms. The number of hydrogen-bond donors (Lipinski definition) is 1. The molecule has 1 aliphatic heterocycles. The van der Waals surface area contributed by atoms with E-state index >= 15 is 0 Å². The SMILES string of the molecule is Cn1ccc(C(=O)NC2COCc3c2cnn3-c2ccc(C(F)(F)F)cc2)n1. The molecule has 1 aliphatic rings. The highest BCUT2D eigenvalue weighted by molar-refractivity contribution is 5.92. The predicted molar refractivity (Wildman–Crippen MR) is 91.6 cm³/mol. The van der Waals surface area contributed by atoms with E-state index in [4.69, 9.17) is 4.74 Å². The molecular formula is C18H16F3N5O2. The largest absolute Gasteiger partial charge is 0.416 e. The molecule has 0 spiro atoms. The number of carbonyl (C=O) groups excluding carboxylic acids is 1. The first-order valence-corrected chi connectivity index (χ1v) is 8.45. The fourth-order valence-corrected chi connectivity index (χ4v) is 3.09. The third kappa shape index (κ3) is 3.38. The number of rotatable bonds is 3. The molecule has 10 heteroatoms. The lowest BCUT2D eigenvalue weighted by Gasteiger charge is -2.24. The van der Waals surface area contributed by atoms with Crippen LogP contribution < -0.4 is 5.32 Å². The molecule has 3 aromatic rings. The monoisotopic (exact) mass is 391 g/mol. The quantitative estimate of drug-likeness (QED) is 0.745. The summed E-state index contributed by atoms with van der Waals surface area (Å²) in [7, 11) is 1.71. The lowest BCUT2D eigenvalue weighted by Crippen LogP contribution is -2.34. The van der Waals surface area contributed by atoms with E-state index in [-0.39, 0.29) is 24.8 Å². The molecule has 2 aromatic heterocycles. The number of ether oxygens (including phenoxy) is 1. The van der Waals surface area contributed by atoms with Crippen molar-refractivity contribution in [2.75, 3.05) is 6.61 Å². The second kappa shape index (κ2) is 6.79. The Morgan fingerprint density at radius 3 is 2.64 bits per heavy atom. The van der Waals surface area contributed by atoms with Crippen LogP contribution in [-0.4, -0.2) is 32.1 Å². The van der Waals surface area contributed by atoms with Crippen LogP contribution in [0.1, 0.15) is 33.4 Å². The first-order chi connectivity index (χ1) is 13.3. The molecule has 1 unspecified atom stereocenters. The number of alkyl halides is 3. The molecule has 3 heterocycles. The van der Waals surface area contributed by atoms with E-state index < -0.39 is 17.8 Å². The standard InChI is InChI=1S/C18H16F3N5O2/c1-25-7-6-14(24-25)17(27)23-15-9-28-10-16-13(15)8-22-26(16)12-4-2-11(3-5-12)18(19,20)21/h2-8,15H,9-10H2,1H3,(H,23,27). The summed E-state index contributed by atoms with van der Waals surface area (Å²) >= 11 is 0. The molecule has 0 saturated carbocycles. The zero-order valence-electron chi connectivity index (χ0n) is 14.8. The molecule has 4 rings (SSSR count). The van der Waals surface area contributed by atoms with Gasteiger partial charge in [-0.2, -0.15) is 23.4 Å². The molecule has 1 atom stereocenters. The molecule has 0 aliphatic carbocycles. The smallest absolute Gasteiger partial charge is 0.373 e. The molecule has 28 heavy (non-hydrogen) atoms. The van der Waals surface area contributed by atoms with Gasteiger partial charge in [-0.05, 0) is 30.3 Å². The molecular weight excluding hydrogens is 375 g/mol. The maximum Gasteiger partial charge on any atom is 0.416 e. The number of nitrogens with zero attached hydrogens (tertiary/aromatic N) is 4. The molecule has 0 fully saturated rings. The number of amides is 1. The highest BCUT2D eigenvalue weighted by Crippen LogP contribution is 2.31. The summed E-state index contributed by atoms with van der Waals surface area (Å²) in [4.78, 5) is 12.4. The summed E-state index contributed by atoms with van der Waals surface area (Å²) in [5, 5.41) is 11.2. The van der Waals surface area contributed by atoms with Crippen LogP contribution >= 0.6 is 0 Å². The summed E-state index contributed by atoms with van der Waals surface area (Å²) in [5.41, 5.74) is 1.47. The third-order valence-corrected chi connectivity index (χ3v) is 4.49. The Hall–Kier alpha value is -3.14. The van der Waals surface area contributed by atoms with Crippen molar-refractivity contribution in [3.63, 3.8) is 0 Å². The van der Waals surface area contributed by atoms with Crippen LogP contribution in [0.4, 0.5) is 13.2 Å². The topological polar surface area (TPSA) is 74.0 Å². The second-order valence-corrected chi connectivity index (χ2v) is 6.42. The number of carbonyl (C=O) groups is 1. The minimum Gasteiger partial charge on any atom is -0.373 e. The van der Waals surface area contributed by atoms with Gasteiger partial charge in [0, 0.05) is 18.8 Å². The molecule has 1 amide bonds. The lowest BCUT2D eigenvalue weighted by atomic mass is 10.1.